The van der Waals surface area contributed by atoms with Gasteiger partial charge in [-0.3, -0.25) is 4.79 Å². The molecule has 4 rings (SSSR count). The van der Waals surface area contributed by atoms with E-state index < -0.39 is 16.1 Å². The summed E-state index contributed by atoms with van der Waals surface area (Å²) in [6.45, 7) is 3.92. The second-order valence-electron chi connectivity index (χ2n) is 7.73. The maximum atomic E-state index is 12.0. The molecule has 1 N–H and O–H groups in total. The van der Waals surface area contributed by atoms with Crippen molar-refractivity contribution in [1.29, 1.82) is 0 Å². The molecule has 10 heteroatoms. The molecule has 0 bridgehead atoms. The predicted molar refractivity (Wildman–Crippen MR) is 127 cm³/mol. The first-order chi connectivity index (χ1) is 16.3. The van der Waals surface area contributed by atoms with Crippen LogP contribution in [0.4, 0.5) is 5.69 Å². The number of benzene rings is 1. The van der Waals surface area contributed by atoms with Crippen molar-refractivity contribution in [1.82, 2.24) is 9.71 Å². The number of rotatable bonds is 6. The molecule has 0 unspecified atom stereocenters. The number of anilines is 1. The Bertz CT molecular complexity index is 1240. The number of nitrogens with zero attached hydrogens (tertiary/aromatic N) is 2. The van der Waals surface area contributed by atoms with E-state index in [1.807, 2.05) is 23.0 Å². The largest absolute Gasteiger partial charge is 0.490 e. The summed E-state index contributed by atoms with van der Waals surface area (Å²) in [5, 5.41) is 0. The highest BCUT2D eigenvalue weighted by molar-refractivity contribution is 7.92. The van der Waals surface area contributed by atoms with Gasteiger partial charge in [0.05, 0.1) is 12.8 Å². The number of hydrogen-bond donors (Lipinski definition) is 1. The number of ether oxygens (including phenoxy) is 3. The van der Waals surface area contributed by atoms with Gasteiger partial charge in [0, 0.05) is 18.6 Å². The number of carbonyl (C=O) groups excluding carboxylic acids is 1. The van der Waals surface area contributed by atoms with Crippen molar-refractivity contribution in [3.8, 4) is 17.5 Å². The minimum atomic E-state index is -3.84. The van der Waals surface area contributed by atoms with Crippen LogP contribution < -0.4 is 23.2 Å². The lowest BCUT2D eigenvalue weighted by atomic mass is 10.1. The van der Waals surface area contributed by atoms with Crippen LogP contribution in [0, 0.1) is 0 Å². The molecule has 2 aromatic rings. The fraction of sp³-hybridized carbons (Fsp3) is 0.250. The summed E-state index contributed by atoms with van der Waals surface area (Å²) in [5.41, 5.74) is 1.21. The number of aromatic nitrogens is 1. The summed E-state index contributed by atoms with van der Waals surface area (Å²) >= 11 is 0. The third kappa shape index (κ3) is 5.57. The molecule has 0 spiro atoms. The molecule has 0 saturated carbocycles. The van der Waals surface area contributed by atoms with Crippen molar-refractivity contribution < 1.29 is 27.4 Å². The number of hydrogen-bond acceptors (Lipinski definition) is 7. The fourth-order valence-electron chi connectivity index (χ4n) is 3.53. The van der Waals surface area contributed by atoms with Gasteiger partial charge in [-0.2, -0.15) is 13.4 Å². The summed E-state index contributed by atoms with van der Waals surface area (Å²) in [4.78, 5) is 15.7. The average molecular weight is 484 g/mol. The van der Waals surface area contributed by atoms with Gasteiger partial charge in [0.1, 0.15) is 24.2 Å². The number of amides is 1. The van der Waals surface area contributed by atoms with Crippen LogP contribution in [0.2, 0.25) is 0 Å². The van der Waals surface area contributed by atoms with Crippen LogP contribution in [0.25, 0.3) is 0 Å². The van der Waals surface area contributed by atoms with Gasteiger partial charge in [-0.15, -0.1) is 0 Å². The molecule has 1 atom stereocenters. The zero-order chi connectivity index (χ0) is 24.1. The van der Waals surface area contributed by atoms with Gasteiger partial charge in [0.25, 0.3) is 5.91 Å². The zero-order valence-electron chi connectivity index (χ0n) is 18.6. The highest BCUT2D eigenvalue weighted by atomic mass is 32.2. The van der Waals surface area contributed by atoms with Gasteiger partial charge >= 0.3 is 10.2 Å². The Hall–Kier alpha value is -3.79. The third-order valence-corrected chi connectivity index (χ3v) is 6.67. The van der Waals surface area contributed by atoms with Crippen LogP contribution in [-0.2, 0) is 15.0 Å². The maximum Gasteiger partial charge on any atom is 0.326 e. The van der Waals surface area contributed by atoms with Crippen molar-refractivity contribution in [2.24, 2.45) is 0 Å². The Balaban J connectivity index is 1.38. The molecule has 1 aliphatic carbocycles. The maximum absolute atomic E-state index is 12.0. The average Bonchev–Trinajstić information content (AvgIpc) is 3.14. The molecule has 34 heavy (non-hydrogen) atoms. The number of pyridine rings is 1. The topological polar surface area (TPSA) is 107 Å². The Labute approximate surface area is 198 Å². The van der Waals surface area contributed by atoms with E-state index in [1.165, 1.54) is 0 Å². The second kappa shape index (κ2) is 10.0. The van der Waals surface area contributed by atoms with Crippen LogP contribution >= 0.6 is 0 Å². The van der Waals surface area contributed by atoms with Gasteiger partial charge in [0.15, 0.2) is 0 Å². The van der Waals surface area contributed by atoms with E-state index in [2.05, 4.69) is 11.6 Å². The molecule has 1 aromatic carbocycles. The SMILES string of the molecule is C=C1CC[C@@H](Oc2ccc(N3CC(=O)NS3(=O)=O)cc2)C/C=C\C=C/1Oc1cccc(OC)n1. The lowest BCUT2D eigenvalue weighted by Gasteiger charge is -2.20. The molecule has 0 radical (unpaired) electrons. The fourth-order valence-corrected chi connectivity index (χ4v) is 4.68. The lowest BCUT2D eigenvalue weighted by molar-refractivity contribution is -0.117. The van der Waals surface area contributed by atoms with E-state index in [-0.39, 0.29) is 12.6 Å². The number of allylic oxidation sites excluding steroid dienone is 3. The van der Waals surface area contributed by atoms with Crippen LogP contribution in [0.3, 0.4) is 0 Å². The smallest absolute Gasteiger partial charge is 0.326 e. The molecule has 1 saturated heterocycles. The molecular weight excluding hydrogens is 458 g/mol. The van der Waals surface area contributed by atoms with Crippen molar-refractivity contribution >= 4 is 21.8 Å². The molecule has 2 aliphatic rings. The third-order valence-electron chi connectivity index (χ3n) is 5.27. The van der Waals surface area contributed by atoms with Gasteiger partial charge in [0.2, 0.25) is 11.8 Å². The monoisotopic (exact) mass is 483 g/mol. The highest BCUT2D eigenvalue weighted by Crippen LogP contribution is 2.27. The van der Waals surface area contributed by atoms with E-state index >= 15 is 0 Å². The molecular formula is C24H25N3O6S. The molecule has 1 amide bonds. The van der Waals surface area contributed by atoms with Crippen molar-refractivity contribution in [2.45, 2.75) is 25.4 Å². The van der Waals surface area contributed by atoms with Crippen LogP contribution in [0.1, 0.15) is 19.3 Å². The van der Waals surface area contributed by atoms with E-state index in [1.54, 1.807) is 49.6 Å². The molecule has 1 aromatic heterocycles. The van der Waals surface area contributed by atoms with Gasteiger partial charge in [-0.25, -0.2) is 9.03 Å². The molecule has 9 nitrogen and oxygen atoms in total. The van der Waals surface area contributed by atoms with Crippen LogP contribution in [0.15, 0.2) is 78.6 Å². The highest BCUT2D eigenvalue weighted by Gasteiger charge is 2.33. The molecule has 1 fully saturated rings. The molecule has 2 heterocycles. The Morgan fingerprint density at radius 2 is 1.91 bits per heavy atom. The van der Waals surface area contributed by atoms with Crippen LogP contribution in [0.5, 0.6) is 17.5 Å². The van der Waals surface area contributed by atoms with Gasteiger partial charge < -0.3 is 14.2 Å². The first kappa shape index (κ1) is 23.4. The lowest BCUT2D eigenvalue weighted by Crippen LogP contribution is -2.29. The quantitative estimate of drug-likeness (QED) is 0.672. The normalized spacial score (nSPS) is 22.4. The van der Waals surface area contributed by atoms with E-state index in [0.29, 0.717) is 48.2 Å². The standard InChI is InChI=1S/C24H25N3O6S/c1-17-10-13-19(6-3-4-7-21(17)33-24-9-5-8-23(25-24)31-2)32-20-14-11-18(12-15-20)27-16-22(28)26-34(27,29)30/h3-5,7-9,11-12,14-15,19H,1,6,10,13,16H2,2H3,(H,26,28)/b4-3-,21-7+/t19-/m0/s1. The molecule has 178 valence electrons. The summed E-state index contributed by atoms with van der Waals surface area (Å²) in [6.07, 6.45) is 7.67. The Morgan fingerprint density at radius 3 is 2.62 bits per heavy atom. The molecule has 1 aliphatic heterocycles. The summed E-state index contributed by atoms with van der Waals surface area (Å²) < 4.78 is 44.2. The van der Waals surface area contributed by atoms with Crippen LogP contribution in [-0.4, -0.2) is 39.1 Å². The predicted octanol–water partition coefficient (Wildman–Crippen LogP) is 3.28. The van der Waals surface area contributed by atoms with E-state index in [4.69, 9.17) is 14.2 Å². The van der Waals surface area contributed by atoms with Gasteiger partial charge in [-0.1, -0.05) is 24.8 Å². The Kier molecular flexibility index (Phi) is 6.87. The van der Waals surface area contributed by atoms with Crippen molar-refractivity contribution in [3.63, 3.8) is 0 Å². The van der Waals surface area contributed by atoms with Crippen molar-refractivity contribution in [3.05, 3.63) is 78.6 Å². The zero-order valence-corrected chi connectivity index (χ0v) is 19.5. The van der Waals surface area contributed by atoms with E-state index in [0.717, 1.165) is 9.88 Å². The number of carbonyl (C=O) groups is 1. The number of methoxy groups -OCH3 is 1. The minimum absolute atomic E-state index is 0.111. The van der Waals surface area contributed by atoms with Crippen molar-refractivity contribution in [2.75, 3.05) is 18.0 Å². The second-order valence-corrected chi connectivity index (χ2v) is 9.32. The Morgan fingerprint density at radius 1 is 1.15 bits per heavy atom. The first-order valence-electron chi connectivity index (χ1n) is 10.7. The summed E-state index contributed by atoms with van der Waals surface area (Å²) in [7, 11) is -2.29. The first-order valence-corrected chi connectivity index (χ1v) is 12.1. The summed E-state index contributed by atoms with van der Waals surface area (Å²) in [5.74, 6) is 1.55. The van der Waals surface area contributed by atoms with E-state index in [9.17, 15) is 13.2 Å². The van der Waals surface area contributed by atoms with Gasteiger partial charge in [-0.05, 0) is 48.8 Å². The summed E-state index contributed by atoms with van der Waals surface area (Å²) in [6, 6.07) is 11.9. The minimum Gasteiger partial charge on any atom is -0.490 e. The number of nitrogens with one attached hydrogen (secondary N) is 1.